The van der Waals surface area contributed by atoms with Crippen molar-refractivity contribution in [1.29, 1.82) is 0 Å². The average Bonchev–Trinajstić information content (AvgIpc) is 2.89. The first-order valence-corrected chi connectivity index (χ1v) is 10.1. The van der Waals surface area contributed by atoms with Gasteiger partial charge in [-0.1, -0.05) is 0 Å². The van der Waals surface area contributed by atoms with Crippen LogP contribution in [0.25, 0.3) is 0 Å². The first-order chi connectivity index (χ1) is 19.4. The molecule has 0 unspecified atom stereocenters. The van der Waals surface area contributed by atoms with Gasteiger partial charge in [0.2, 0.25) is 17.5 Å². The van der Waals surface area contributed by atoms with E-state index >= 15 is 26.3 Å². The minimum absolute atomic E-state index is 3.37. The van der Waals surface area contributed by atoms with Crippen LogP contribution in [0, 0.1) is 87.3 Å². The Balaban J connectivity index is 2.64. The molecule has 3 aromatic rings. The lowest BCUT2D eigenvalue weighted by molar-refractivity contribution is -0.0332. The molecule has 0 atom stereocenters. The average molecular weight is 662 g/mol. The van der Waals surface area contributed by atoms with Crippen LogP contribution in [0.4, 0.5) is 92.2 Å². The van der Waals surface area contributed by atoms with Gasteiger partial charge in [0, 0.05) is 0 Å². The third-order valence-corrected chi connectivity index (χ3v) is 5.72. The van der Waals surface area contributed by atoms with Gasteiger partial charge in [-0.05, 0) is 0 Å². The zero-order valence-corrected chi connectivity index (χ0v) is 19.0. The van der Waals surface area contributed by atoms with Crippen LogP contribution < -0.4 is 0 Å². The summed E-state index contributed by atoms with van der Waals surface area (Å²) in [5, 5.41) is 0. The van der Waals surface area contributed by atoms with Crippen LogP contribution >= 0.6 is 0 Å². The van der Waals surface area contributed by atoms with E-state index in [2.05, 4.69) is 0 Å². The molecule has 0 bridgehead atoms. The van der Waals surface area contributed by atoms with Gasteiger partial charge in [0.15, 0.2) is 69.8 Å². The lowest BCUT2D eigenvalue weighted by atomic mass is 9.32. The topological polar surface area (TPSA) is 0 Å². The van der Waals surface area contributed by atoms with Crippen LogP contribution in [-0.4, -0.2) is 6.71 Å². The summed E-state index contributed by atoms with van der Waals surface area (Å²) in [7, 11) is 0. The molecule has 0 aromatic heterocycles. The number of hydrogen-bond acceptors (Lipinski definition) is 0. The number of alkyl halides is 6. The zero-order chi connectivity index (χ0) is 33.5. The van der Waals surface area contributed by atoms with Gasteiger partial charge in [0.25, 0.3) is 17.5 Å². The molecule has 0 aliphatic heterocycles. The highest BCUT2D eigenvalue weighted by molar-refractivity contribution is 6.65. The summed E-state index contributed by atoms with van der Waals surface area (Å²) in [4.78, 5) is 0. The SMILES string of the molecule is Fc1c(F)c(F)c(C(F)(F)B(C(F)(F)c2c(F)c(F)c(F)c(F)c2F)C(F)(F)c2c(F)c(F)c(F)c(F)c2F)c(F)c1F. The monoisotopic (exact) mass is 662 g/mol. The van der Waals surface area contributed by atoms with Crippen molar-refractivity contribution in [3.05, 3.63) is 104 Å². The molecule has 0 aliphatic carbocycles. The standard InChI is InChI=1S/C21BF21/c23-4-1(5(24)11(30)16(35)10(4)29)19(38,39)22(20(40,41)2-6(25)12(31)17(36)13(32)7(2)26)21(42,43)3-8(27)14(33)18(37)15(34)9(3)28. The summed E-state index contributed by atoms with van der Waals surface area (Å²) < 4.78 is 299. The first kappa shape index (κ1) is 33.8. The van der Waals surface area contributed by atoms with Crippen LogP contribution in [0.1, 0.15) is 16.7 Å². The molecule has 3 aromatic carbocycles. The third-order valence-electron chi connectivity index (χ3n) is 5.72. The number of hydrogen-bond donors (Lipinski definition) is 0. The molecule has 43 heavy (non-hydrogen) atoms. The van der Waals surface area contributed by atoms with Gasteiger partial charge in [-0.3, -0.25) is 0 Å². The lowest BCUT2D eigenvalue weighted by Gasteiger charge is -2.36. The molecule has 3 rings (SSSR count). The Morgan fingerprint density at radius 2 is 0.349 bits per heavy atom. The van der Waals surface area contributed by atoms with E-state index in [9.17, 15) is 65.9 Å². The predicted molar refractivity (Wildman–Crippen MR) is 96.1 cm³/mol. The highest BCUT2D eigenvalue weighted by Crippen LogP contribution is 2.55. The molecule has 0 aliphatic rings. The van der Waals surface area contributed by atoms with Gasteiger partial charge in [-0.25, -0.2) is 92.2 Å². The summed E-state index contributed by atoms with van der Waals surface area (Å²) in [5.41, 5.74) is -12.2. The summed E-state index contributed by atoms with van der Waals surface area (Å²) >= 11 is 0. The Bertz CT molecular complexity index is 1380. The van der Waals surface area contributed by atoms with E-state index in [0.29, 0.717) is 0 Å². The van der Waals surface area contributed by atoms with Crippen molar-refractivity contribution in [2.45, 2.75) is 17.5 Å². The van der Waals surface area contributed by atoms with Crippen LogP contribution in [0.15, 0.2) is 0 Å². The van der Waals surface area contributed by atoms with Crippen LogP contribution in [0.3, 0.4) is 0 Å². The van der Waals surface area contributed by atoms with Crippen molar-refractivity contribution in [2.75, 3.05) is 0 Å². The summed E-state index contributed by atoms with van der Waals surface area (Å²) in [6.07, 6.45) is 0. The second-order valence-electron chi connectivity index (χ2n) is 8.14. The van der Waals surface area contributed by atoms with Crippen molar-refractivity contribution >= 4 is 6.71 Å². The van der Waals surface area contributed by atoms with E-state index in [-0.39, 0.29) is 0 Å². The van der Waals surface area contributed by atoms with Gasteiger partial charge in [-0.15, -0.1) is 0 Å². The Morgan fingerprint density at radius 3 is 0.488 bits per heavy atom. The van der Waals surface area contributed by atoms with Gasteiger partial charge >= 0.3 is 6.71 Å². The summed E-state index contributed by atoms with van der Waals surface area (Å²) in [6.45, 7) is -6.51. The van der Waals surface area contributed by atoms with Crippen molar-refractivity contribution in [3.63, 3.8) is 0 Å². The van der Waals surface area contributed by atoms with Crippen molar-refractivity contribution < 1.29 is 92.2 Å². The highest BCUT2D eigenvalue weighted by atomic mass is 19.3. The van der Waals surface area contributed by atoms with Gasteiger partial charge in [0.05, 0.1) is 16.7 Å². The van der Waals surface area contributed by atoms with E-state index in [1.807, 2.05) is 0 Å². The fraction of sp³-hybridized carbons (Fsp3) is 0.143. The Hall–Kier alpha value is -3.75. The lowest BCUT2D eigenvalue weighted by Crippen LogP contribution is -2.60. The second kappa shape index (κ2) is 10.5. The number of rotatable bonds is 6. The van der Waals surface area contributed by atoms with Crippen molar-refractivity contribution in [1.82, 2.24) is 0 Å². The molecular weight excluding hydrogens is 662 g/mol. The Kier molecular flexibility index (Phi) is 8.21. The van der Waals surface area contributed by atoms with Gasteiger partial charge < -0.3 is 0 Å². The van der Waals surface area contributed by atoms with Gasteiger partial charge in [-0.2, -0.15) is 0 Å². The van der Waals surface area contributed by atoms with Crippen LogP contribution in [0.2, 0.25) is 0 Å². The molecule has 0 saturated heterocycles. The molecule has 0 N–H and O–H groups in total. The van der Waals surface area contributed by atoms with E-state index in [1.165, 1.54) is 0 Å². The largest absolute Gasteiger partial charge is 0.414 e. The Labute approximate surface area is 221 Å². The van der Waals surface area contributed by atoms with E-state index < -0.39 is 128 Å². The zero-order valence-electron chi connectivity index (χ0n) is 19.0. The van der Waals surface area contributed by atoms with Crippen LogP contribution in [0.5, 0.6) is 0 Å². The molecule has 0 nitrogen and oxygen atoms in total. The molecule has 0 radical (unpaired) electrons. The molecule has 22 heteroatoms. The van der Waals surface area contributed by atoms with E-state index in [4.69, 9.17) is 0 Å². The number of halogens is 21. The molecule has 0 saturated carbocycles. The van der Waals surface area contributed by atoms with Crippen molar-refractivity contribution in [2.24, 2.45) is 0 Å². The molecule has 0 spiro atoms. The maximum absolute atomic E-state index is 15.4. The minimum Gasteiger partial charge on any atom is -0.211 e. The minimum atomic E-state index is -7.36. The molecular formula is C21BF21. The molecule has 0 fully saturated rings. The molecule has 234 valence electrons. The highest BCUT2D eigenvalue weighted by Gasteiger charge is 2.76. The van der Waals surface area contributed by atoms with E-state index in [0.717, 1.165) is 0 Å². The van der Waals surface area contributed by atoms with E-state index in [1.54, 1.807) is 0 Å². The first-order valence-electron chi connectivity index (χ1n) is 10.1. The predicted octanol–water partition coefficient (Wildman–Crippen LogP) is 8.56. The summed E-state index contributed by atoms with van der Waals surface area (Å²) in [5.74, 6) is -77.2. The summed E-state index contributed by atoms with van der Waals surface area (Å²) in [6, 6.07) is 0. The fourth-order valence-corrected chi connectivity index (χ4v) is 3.81. The molecule has 0 amide bonds. The van der Waals surface area contributed by atoms with Crippen molar-refractivity contribution in [3.8, 4) is 0 Å². The van der Waals surface area contributed by atoms with Crippen LogP contribution in [-0.2, 0) is 17.5 Å². The maximum Gasteiger partial charge on any atom is 0.414 e. The quantitative estimate of drug-likeness (QED) is 0.108. The number of benzene rings is 3. The fourth-order valence-electron chi connectivity index (χ4n) is 3.81. The maximum atomic E-state index is 15.4. The van der Waals surface area contributed by atoms with Gasteiger partial charge in [0.1, 0.15) is 0 Å². The third kappa shape index (κ3) is 4.63. The smallest absolute Gasteiger partial charge is 0.211 e. The Morgan fingerprint density at radius 1 is 0.233 bits per heavy atom. The molecule has 0 heterocycles. The second-order valence-corrected chi connectivity index (χ2v) is 8.14. The normalized spacial score (nSPS) is 12.8.